The normalized spacial score (nSPS) is 24.5. The van der Waals surface area contributed by atoms with Crippen molar-refractivity contribution in [3.05, 3.63) is 35.9 Å². The van der Waals surface area contributed by atoms with E-state index in [0.29, 0.717) is 0 Å². The van der Waals surface area contributed by atoms with Gasteiger partial charge < -0.3 is 4.90 Å². The predicted octanol–water partition coefficient (Wildman–Crippen LogP) is 2.50. The molecule has 0 amide bonds. The third-order valence-electron chi connectivity index (χ3n) is 2.90. The second kappa shape index (κ2) is 3.93. The molecule has 1 aromatic carbocycles. The lowest BCUT2D eigenvalue weighted by Gasteiger charge is -2.29. The highest BCUT2D eigenvalue weighted by Gasteiger charge is 2.17. The van der Waals surface area contributed by atoms with Gasteiger partial charge in [-0.3, -0.25) is 0 Å². The van der Waals surface area contributed by atoms with Crippen molar-refractivity contribution in [1.29, 1.82) is 0 Å². The SMILES string of the molecule is CN1CCC[C@H](c2ccccc2)C1. The molecule has 0 N–H and O–H groups in total. The third-order valence-corrected chi connectivity index (χ3v) is 2.90. The fourth-order valence-electron chi connectivity index (χ4n) is 2.16. The van der Waals surface area contributed by atoms with E-state index in [2.05, 4.69) is 42.3 Å². The Labute approximate surface area is 80.4 Å². The molecule has 0 bridgehead atoms. The van der Waals surface area contributed by atoms with E-state index in [4.69, 9.17) is 0 Å². The van der Waals surface area contributed by atoms with Gasteiger partial charge in [-0.25, -0.2) is 0 Å². The van der Waals surface area contributed by atoms with Crippen molar-refractivity contribution < 1.29 is 0 Å². The standard InChI is InChI=1S/C12H17N/c1-13-9-5-8-12(10-13)11-6-3-2-4-7-11/h2-4,6-7,12H,5,8-10H2,1H3/t12-/m0/s1. The minimum Gasteiger partial charge on any atom is -0.306 e. The number of benzene rings is 1. The maximum atomic E-state index is 2.43. The lowest BCUT2D eigenvalue weighted by Crippen LogP contribution is -2.30. The molecule has 13 heavy (non-hydrogen) atoms. The van der Waals surface area contributed by atoms with Gasteiger partial charge in [0.2, 0.25) is 0 Å². The highest BCUT2D eigenvalue weighted by Crippen LogP contribution is 2.25. The van der Waals surface area contributed by atoms with Crippen molar-refractivity contribution in [1.82, 2.24) is 4.90 Å². The number of likely N-dealkylation sites (N-methyl/N-ethyl adjacent to an activating group) is 1. The van der Waals surface area contributed by atoms with Crippen molar-refractivity contribution in [3.8, 4) is 0 Å². The minimum absolute atomic E-state index is 0.764. The Balaban J connectivity index is 2.08. The first-order valence-electron chi connectivity index (χ1n) is 5.10. The van der Waals surface area contributed by atoms with E-state index >= 15 is 0 Å². The van der Waals surface area contributed by atoms with Crippen molar-refractivity contribution in [2.45, 2.75) is 18.8 Å². The Morgan fingerprint density at radius 1 is 1.23 bits per heavy atom. The number of piperidine rings is 1. The van der Waals surface area contributed by atoms with Crippen molar-refractivity contribution in [2.75, 3.05) is 20.1 Å². The van der Waals surface area contributed by atoms with Crippen LogP contribution in [0.15, 0.2) is 30.3 Å². The Morgan fingerprint density at radius 2 is 2.00 bits per heavy atom. The summed E-state index contributed by atoms with van der Waals surface area (Å²) in [5.74, 6) is 0.764. The molecule has 1 fully saturated rings. The van der Waals surface area contributed by atoms with Crippen molar-refractivity contribution in [3.63, 3.8) is 0 Å². The average Bonchev–Trinajstić information content (AvgIpc) is 2.19. The van der Waals surface area contributed by atoms with E-state index in [1.54, 1.807) is 0 Å². The fourth-order valence-corrected chi connectivity index (χ4v) is 2.16. The van der Waals surface area contributed by atoms with Crippen LogP contribution in [0.5, 0.6) is 0 Å². The van der Waals surface area contributed by atoms with Gasteiger partial charge >= 0.3 is 0 Å². The van der Waals surface area contributed by atoms with Crippen LogP contribution in [0, 0.1) is 0 Å². The van der Waals surface area contributed by atoms with Crippen LogP contribution in [-0.2, 0) is 0 Å². The number of nitrogens with zero attached hydrogens (tertiary/aromatic N) is 1. The smallest absolute Gasteiger partial charge is 0.00472 e. The van der Waals surface area contributed by atoms with Gasteiger partial charge in [0.15, 0.2) is 0 Å². The molecule has 0 unspecified atom stereocenters. The van der Waals surface area contributed by atoms with Gasteiger partial charge in [-0.2, -0.15) is 0 Å². The molecule has 0 aliphatic carbocycles. The Morgan fingerprint density at radius 3 is 2.69 bits per heavy atom. The molecule has 1 aromatic rings. The topological polar surface area (TPSA) is 3.24 Å². The molecule has 1 heterocycles. The van der Waals surface area contributed by atoms with E-state index in [1.807, 2.05) is 0 Å². The summed E-state index contributed by atoms with van der Waals surface area (Å²) in [6.07, 6.45) is 2.70. The highest BCUT2D eigenvalue weighted by molar-refractivity contribution is 5.20. The molecule has 2 rings (SSSR count). The van der Waals surface area contributed by atoms with Gasteiger partial charge in [0.05, 0.1) is 0 Å². The quantitative estimate of drug-likeness (QED) is 0.634. The number of likely N-dealkylation sites (tertiary alicyclic amines) is 1. The molecule has 0 saturated carbocycles. The van der Waals surface area contributed by atoms with Crippen LogP contribution in [0.4, 0.5) is 0 Å². The predicted molar refractivity (Wildman–Crippen MR) is 55.9 cm³/mol. The number of hydrogen-bond donors (Lipinski definition) is 0. The molecule has 0 radical (unpaired) electrons. The Hall–Kier alpha value is -0.820. The van der Waals surface area contributed by atoms with Crippen LogP contribution in [0.1, 0.15) is 24.3 Å². The number of rotatable bonds is 1. The van der Waals surface area contributed by atoms with E-state index in [0.717, 1.165) is 5.92 Å². The minimum atomic E-state index is 0.764. The van der Waals surface area contributed by atoms with Crippen LogP contribution in [-0.4, -0.2) is 25.0 Å². The van der Waals surface area contributed by atoms with Crippen molar-refractivity contribution in [2.24, 2.45) is 0 Å². The monoisotopic (exact) mass is 175 g/mol. The molecular formula is C12H17N. The summed E-state index contributed by atoms with van der Waals surface area (Å²) >= 11 is 0. The summed E-state index contributed by atoms with van der Waals surface area (Å²) in [7, 11) is 2.22. The molecule has 70 valence electrons. The summed E-state index contributed by atoms with van der Waals surface area (Å²) in [5.41, 5.74) is 1.51. The summed E-state index contributed by atoms with van der Waals surface area (Å²) in [6.45, 7) is 2.49. The van der Waals surface area contributed by atoms with Gasteiger partial charge in [-0.05, 0) is 37.9 Å². The molecule has 0 aromatic heterocycles. The van der Waals surface area contributed by atoms with Crippen LogP contribution < -0.4 is 0 Å². The lowest BCUT2D eigenvalue weighted by atomic mass is 9.91. The maximum Gasteiger partial charge on any atom is 0.00472 e. The Bertz CT molecular complexity index is 255. The van der Waals surface area contributed by atoms with E-state index in [1.165, 1.54) is 31.5 Å². The van der Waals surface area contributed by atoms with Crippen LogP contribution in [0.3, 0.4) is 0 Å². The molecule has 1 heteroatoms. The molecule has 0 spiro atoms. The van der Waals surface area contributed by atoms with E-state index in [9.17, 15) is 0 Å². The summed E-state index contributed by atoms with van der Waals surface area (Å²) < 4.78 is 0. The fraction of sp³-hybridized carbons (Fsp3) is 0.500. The molecule has 1 saturated heterocycles. The first kappa shape index (κ1) is 8.76. The zero-order chi connectivity index (χ0) is 9.10. The molecule has 1 aliphatic rings. The number of hydrogen-bond acceptors (Lipinski definition) is 1. The summed E-state index contributed by atoms with van der Waals surface area (Å²) in [4.78, 5) is 2.43. The zero-order valence-corrected chi connectivity index (χ0v) is 8.24. The maximum absolute atomic E-state index is 2.43. The first-order valence-corrected chi connectivity index (χ1v) is 5.10. The van der Waals surface area contributed by atoms with Gasteiger partial charge in [0.1, 0.15) is 0 Å². The van der Waals surface area contributed by atoms with Gasteiger partial charge in [0, 0.05) is 6.54 Å². The third kappa shape index (κ3) is 2.10. The Kier molecular flexibility index (Phi) is 2.65. The highest BCUT2D eigenvalue weighted by atomic mass is 15.1. The van der Waals surface area contributed by atoms with Crippen LogP contribution in [0.2, 0.25) is 0 Å². The van der Waals surface area contributed by atoms with Crippen molar-refractivity contribution >= 4 is 0 Å². The summed E-state index contributed by atoms with van der Waals surface area (Å²) in [5, 5.41) is 0. The largest absolute Gasteiger partial charge is 0.306 e. The van der Waals surface area contributed by atoms with E-state index in [-0.39, 0.29) is 0 Å². The molecule has 1 nitrogen and oxygen atoms in total. The van der Waals surface area contributed by atoms with Crippen LogP contribution in [0.25, 0.3) is 0 Å². The zero-order valence-electron chi connectivity index (χ0n) is 8.24. The molecular weight excluding hydrogens is 158 g/mol. The van der Waals surface area contributed by atoms with Crippen LogP contribution >= 0.6 is 0 Å². The van der Waals surface area contributed by atoms with Gasteiger partial charge in [-0.15, -0.1) is 0 Å². The van der Waals surface area contributed by atoms with Gasteiger partial charge in [0.25, 0.3) is 0 Å². The van der Waals surface area contributed by atoms with Gasteiger partial charge in [-0.1, -0.05) is 30.3 Å². The first-order chi connectivity index (χ1) is 6.36. The molecule has 1 atom stereocenters. The summed E-state index contributed by atoms with van der Waals surface area (Å²) in [6, 6.07) is 10.9. The second-order valence-corrected chi connectivity index (χ2v) is 4.01. The second-order valence-electron chi connectivity index (χ2n) is 4.01. The average molecular weight is 175 g/mol. The lowest BCUT2D eigenvalue weighted by molar-refractivity contribution is 0.251. The van der Waals surface area contributed by atoms with E-state index < -0.39 is 0 Å². The molecule has 1 aliphatic heterocycles.